The Morgan fingerprint density at radius 1 is 1.25 bits per heavy atom. The Morgan fingerprint density at radius 2 is 1.81 bits per heavy atom. The van der Waals surface area contributed by atoms with Gasteiger partial charge in [-0.15, -0.1) is 6.58 Å². The second kappa shape index (κ2) is 5.19. The molecule has 1 atom stereocenters. The first-order chi connectivity index (χ1) is 7.43. The molecule has 1 aromatic rings. The fourth-order valence-electron chi connectivity index (χ4n) is 1.60. The molecule has 1 unspecified atom stereocenters. The molecule has 0 saturated heterocycles. The molecule has 0 saturated carbocycles. The molecule has 1 aromatic carbocycles. The number of benzene rings is 1. The highest BCUT2D eigenvalue weighted by Gasteiger charge is 2.29. The predicted octanol–water partition coefficient (Wildman–Crippen LogP) is 4.46. The minimum absolute atomic E-state index is 0.411. The molecule has 0 aliphatic rings. The van der Waals surface area contributed by atoms with Gasteiger partial charge >= 0.3 is 6.18 Å². The monoisotopic (exact) mass is 228 g/mol. The van der Waals surface area contributed by atoms with E-state index in [0.717, 1.165) is 30.5 Å². The lowest BCUT2D eigenvalue weighted by atomic mass is 9.97. The van der Waals surface area contributed by atoms with Crippen LogP contribution in [0.2, 0.25) is 0 Å². The maximum absolute atomic E-state index is 12.3. The van der Waals surface area contributed by atoms with Crippen molar-refractivity contribution < 1.29 is 13.2 Å². The molecule has 0 spiro atoms. The van der Waals surface area contributed by atoms with Gasteiger partial charge in [-0.1, -0.05) is 25.1 Å². The van der Waals surface area contributed by atoms with Crippen molar-refractivity contribution in [3.05, 3.63) is 48.0 Å². The van der Waals surface area contributed by atoms with Gasteiger partial charge in [0.25, 0.3) is 0 Å². The molecule has 0 aromatic heterocycles. The molecule has 1 rings (SSSR count). The molecule has 88 valence electrons. The Hall–Kier alpha value is -1.25. The summed E-state index contributed by atoms with van der Waals surface area (Å²) in [6.45, 7) is 5.69. The molecule has 3 heteroatoms. The average molecular weight is 228 g/mol. The zero-order chi connectivity index (χ0) is 12.2. The number of allylic oxidation sites excluding steroid dienone is 1. The lowest BCUT2D eigenvalue weighted by Gasteiger charge is -2.10. The van der Waals surface area contributed by atoms with Crippen molar-refractivity contribution in [1.29, 1.82) is 0 Å². The van der Waals surface area contributed by atoms with Crippen molar-refractivity contribution in [2.45, 2.75) is 25.9 Å². The van der Waals surface area contributed by atoms with Crippen LogP contribution in [0.3, 0.4) is 0 Å². The van der Waals surface area contributed by atoms with E-state index in [4.69, 9.17) is 0 Å². The van der Waals surface area contributed by atoms with Crippen molar-refractivity contribution in [1.82, 2.24) is 0 Å². The smallest absolute Gasteiger partial charge is 0.166 e. The van der Waals surface area contributed by atoms with Crippen LogP contribution in [0.1, 0.15) is 24.5 Å². The largest absolute Gasteiger partial charge is 0.416 e. The van der Waals surface area contributed by atoms with Crippen LogP contribution in [0.4, 0.5) is 13.2 Å². The van der Waals surface area contributed by atoms with Crippen molar-refractivity contribution >= 4 is 0 Å². The van der Waals surface area contributed by atoms with Crippen molar-refractivity contribution in [3.63, 3.8) is 0 Å². The summed E-state index contributed by atoms with van der Waals surface area (Å²) in [5.74, 6) is 0.411. The summed E-state index contributed by atoms with van der Waals surface area (Å²) in [6.07, 6.45) is -0.759. The number of hydrogen-bond acceptors (Lipinski definition) is 0. The third kappa shape index (κ3) is 3.72. The fourth-order valence-corrected chi connectivity index (χ4v) is 1.60. The van der Waals surface area contributed by atoms with Crippen LogP contribution >= 0.6 is 0 Å². The van der Waals surface area contributed by atoms with E-state index in [-0.39, 0.29) is 0 Å². The van der Waals surface area contributed by atoms with E-state index >= 15 is 0 Å². The van der Waals surface area contributed by atoms with Gasteiger partial charge in [-0.3, -0.25) is 0 Å². The molecule has 0 heterocycles. The van der Waals surface area contributed by atoms with E-state index in [1.165, 1.54) is 0 Å². The molecule has 16 heavy (non-hydrogen) atoms. The summed E-state index contributed by atoms with van der Waals surface area (Å²) in [5.41, 5.74) is 0.343. The normalized spacial score (nSPS) is 13.5. The molecule has 0 amide bonds. The third-order valence-electron chi connectivity index (χ3n) is 2.43. The maximum Gasteiger partial charge on any atom is 0.416 e. The van der Waals surface area contributed by atoms with Gasteiger partial charge in [-0.2, -0.15) is 13.2 Å². The molecule has 0 aliphatic heterocycles. The van der Waals surface area contributed by atoms with Crippen LogP contribution in [0.5, 0.6) is 0 Å². The van der Waals surface area contributed by atoms with E-state index < -0.39 is 11.7 Å². The number of rotatable bonds is 4. The van der Waals surface area contributed by atoms with Crippen molar-refractivity contribution in [2.75, 3.05) is 0 Å². The molecular weight excluding hydrogens is 213 g/mol. The van der Waals surface area contributed by atoms with Gasteiger partial charge in [0.2, 0.25) is 0 Å². The fraction of sp³-hybridized carbons (Fsp3) is 0.385. The first-order valence-electron chi connectivity index (χ1n) is 5.20. The highest BCUT2D eigenvalue weighted by Crippen LogP contribution is 2.29. The van der Waals surface area contributed by atoms with Crippen LogP contribution in [-0.4, -0.2) is 0 Å². The van der Waals surface area contributed by atoms with E-state index in [0.29, 0.717) is 5.92 Å². The minimum atomic E-state index is -4.24. The second-order valence-corrected chi connectivity index (χ2v) is 4.03. The Morgan fingerprint density at radius 3 is 2.25 bits per heavy atom. The summed E-state index contributed by atoms with van der Waals surface area (Å²) < 4.78 is 36.9. The third-order valence-corrected chi connectivity index (χ3v) is 2.43. The van der Waals surface area contributed by atoms with Gasteiger partial charge in [0.05, 0.1) is 5.56 Å². The SMILES string of the molecule is C=CCC(C)Cc1ccc(C(F)(F)F)cc1. The second-order valence-electron chi connectivity index (χ2n) is 4.03. The number of alkyl halides is 3. The Kier molecular flexibility index (Phi) is 4.16. The van der Waals surface area contributed by atoms with E-state index in [2.05, 4.69) is 13.5 Å². The lowest BCUT2D eigenvalue weighted by molar-refractivity contribution is -0.137. The van der Waals surface area contributed by atoms with E-state index in [9.17, 15) is 13.2 Å². The Labute approximate surface area is 93.8 Å². The molecular formula is C13H15F3. The van der Waals surface area contributed by atoms with Crippen molar-refractivity contribution in [3.8, 4) is 0 Å². The summed E-state index contributed by atoms with van der Waals surface area (Å²) in [7, 11) is 0. The summed E-state index contributed by atoms with van der Waals surface area (Å²) in [4.78, 5) is 0. The Balaban J connectivity index is 2.68. The highest BCUT2D eigenvalue weighted by atomic mass is 19.4. The van der Waals surface area contributed by atoms with Gasteiger partial charge < -0.3 is 0 Å². The van der Waals surface area contributed by atoms with Gasteiger partial charge in [-0.25, -0.2) is 0 Å². The van der Waals surface area contributed by atoms with E-state index in [1.54, 1.807) is 12.1 Å². The van der Waals surface area contributed by atoms with E-state index in [1.807, 2.05) is 6.08 Å². The quantitative estimate of drug-likeness (QED) is 0.667. The van der Waals surface area contributed by atoms with Gasteiger partial charge in [-0.05, 0) is 36.5 Å². The molecule has 0 aliphatic carbocycles. The first kappa shape index (κ1) is 12.8. The maximum atomic E-state index is 12.3. The molecule has 0 bridgehead atoms. The summed E-state index contributed by atoms with van der Waals surface area (Å²) in [5, 5.41) is 0. The standard InChI is InChI=1S/C13H15F3/c1-3-4-10(2)9-11-5-7-12(8-6-11)13(14,15)16/h3,5-8,10H,1,4,9H2,2H3. The highest BCUT2D eigenvalue weighted by molar-refractivity contribution is 5.24. The summed E-state index contributed by atoms with van der Waals surface area (Å²) in [6, 6.07) is 5.36. The number of halogens is 3. The van der Waals surface area contributed by atoms with Crippen molar-refractivity contribution in [2.24, 2.45) is 5.92 Å². The van der Waals surface area contributed by atoms with Crippen LogP contribution in [0, 0.1) is 5.92 Å². The van der Waals surface area contributed by atoms with Gasteiger partial charge in [0.1, 0.15) is 0 Å². The molecule has 0 nitrogen and oxygen atoms in total. The first-order valence-corrected chi connectivity index (χ1v) is 5.20. The minimum Gasteiger partial charge on any atom is -0.166 e. The zero-order valence-corrected chi connectivity index (χ0v) is 9.22. The predicted molar refractivity (Wildman–Crippen MR) is 59.1 cm³/mol. The number of hydrogen-bond donors (Lipinski definition) is 0. The van der Waals surface area contributed by atoms with Gasteiger partial charge in [0.15, 0.2) is 0 Å². The molecule has 0 N–H and O–H groups in total. The van der Waals surface area contributed by atoms with Crippen LogP contribution in [0.15, 0.2) is 36.9 Å². The molecule has 0 radical (unpaired) electrons. The molecule has 0 fully saturated rings. The topological polar surface area (TPSA) is 0 Å². The lowest BCUT2D eigenvalue weighted by Crippen LogP contribution is -2.05. The van der Waals surface area contributed by atoms with Crippen LogP contribution < -0.4 is 0 Å². The van der Waals surface area contributed by atoms with Gasteiger partial charge in [0, 0.05) is 0 Å². The average Bonchev–Trinajstić information content (AvgIpc) is 2.17. The zero-order valence-electron chi connectivity index (χ0n) is 9.22. The Bertz CT molecular complexity index is 335. The van der Waals surface area contributed by atoms with Crippen LogP contribution in [-0.2, 0) is 12.6 Å². The van der Waals surface area contributed by atoms with Crippen LogP contribution in [0.25, 0.3) is 0 Å². The summed E-state index contributed by atoms with van der Waals surface area (Å²) >= 11 is 0.